The van der Waals surface area contributed by atoms with E-state index in [-0.39, 0.29) is 5.41 Å². The smallest absolute Gasteiger partial charge is 0.0132 e. The van der Waals surface area contributed by atoms with Crippen molar-refractivity contribution >= 4 is 10.8 Å². The van der Waals surface area contributed by atoms with Gasteiger partial charge in [-0.15, -0.1) is 0 Å². The molecule has 2 rings (SSSR count). The summed E-state index contributed by atoms with van der Waals surface area (Å²) < 4.78 is 0. The van der Waals surface area contributed by atoms with Crippen LogP contribution in [0, 0.1) is 13.8 Å². The average Bonchev–Trinajstić information content (AvgIpc) is 2.28. The Morgan fingerprint density at radius 2 is 1.39 bits per heavy atom. The van der Waals surface area contributed by atoms with Crippen LogP contribution in [0.4, 0.5) is 0 Å². The number of hydrogen-bond donors (Lipinski definition) is 0. The van der Waals surface area contributed by atoms with Crippen LogP contribution in [0.2, 0.25) is 0 Å². The highest BCUT2D eigenvalue weighted by molar-refractivity contribution is 5.90. The summed E-state index contributed by atoms with van der Waals surface area (Å²) in [4.78, 5) is 0. The summed E-state index contributed by atoms with van der Waals surface area (Å²) in [7, 11) is 0. The highest BCUT2D eigenvalue weighted by atomic mass is 14.2. The molecule has 0 radical (unpaired) electrons. The van der Waals surface area contributed by atoms with Gasteiger partial charge in [0.2, 0.25) is 0 Å². The van der Waals surface area contributed by atoms with E-state index in [2.05, 4.69) is 65.8 Å². The first-order chi connectivity index (χ1) is 8.32. The van der Waals surface area contributed by atoms with Crippen LogP contribution >= 0.6 is 0 Å². The maximum atomic E-state index is 2.37. The molecule has 96 valence electrons. The lowest BCUT2D eigenvalue weighted by Crippen LogP contribution is -2.11. The quantitative estimate of drug-likeness (QED) is 0.633. The van der Waals surface area contributed by atoms with E-state index in [1.165, 1.54) is 33.0 Å². The van der Waals surface area contributed by atoms with Crippen LogP contribution in [0.3, 0.4) is 0 Å². The third-order valence-electron chi connectivity index (χ3n) is 3.82. The van der Waals surface area contributed by atoms with Gasteiger partial charge in [-0.1, -0.05) is 52.0 Å². The average molecular weight is 240 g/mol. The van der Waals surface area contributed by atoms with Gasteiger partial charge < -0.3 is 0 Å². The molecule has 0 bridgehead atoms. The first-order valence-electron chi connectivity index (χ1n) is 6.87. The molecule has 0 aliphatic rings. The Morgan fingerprint density at radius 1 is 0.833 bits per heavy atom. The fourth-order valence-electron chi connectivity index (χ4n) is 2.54. The van der Waals surface area contributed by atoms with Crippen molar-refractivity contribution in [3.8, 4) is 0 Å². The van der Waals surface area contributed by atoms with Crippen LogP contribution in [0.15, 0.2) is 24.3 Å². The second-order valence-electron chi connectivity index (χ2n) is 6.40. The molecule has 0 N–H and O–H groups in total. The van der Waals surface area contributed by atoms with Crippen LogP contribution in [0.25, 0.3) is 10.8 Å². The van der Waals surface area contributed by atoms with E-state index in [4.69, 9.17) is 0 Å². The van der Waals surface area contributed by atoms with E-state index in [0.29, 0.717) is 0 Å². The van der Waals surface area contributed by atoms with Gasteiger partial charge in [0.1, 0.15) is 0 Å². The van der Waals surface area contributed by atoms with Crippen LogP contribution in [-0.2, 0) is 11.8 Å². The summed E-state index contributed by atoms with van der Waals surface area (Å²) in [6, 6.07) is 9.40. The molecule has 0 fully saturated rings. The van der Waals surface area contributed by atoms with Gasteiger partial charge >= 0.3 is 0 Å². The van der Waals surface area contributed by atoms with Crippen molar-refractivity contribution < 1.29 is 0 Å². The van der Waals surface area contributed by atoms with E-state index < -0.39 is 0 Å². The standard InChI is InChI=1S/C18H24/c1-7-14-8-12(2)17-11-15(18(4,5)6)9-13(3)16(17)10-14/h8-11H,7H2,1-6H3. The predicted molar refractivity (Wildman–Crippen MR) is 81.5 cm³/mol. The van der Waals surface area contributed by atoms with E-state index in [1.54, 1.807) is 0 Å². The molecule has 0 aliphatic heterocycles. The fraction of sp³-hybridized carbons (Fsp3) is 0.444. The molecule has 2 aromatic rings. The highest BCUT2D eigenvalue weighted by Gasteiger charge is 2.15. The number of fused-ring (bicyclic) bond motifs is 1. The monoisotopic (exact) mass is 240 g/mol. The lowest BCUT2D eigenvalue weighted by Gasteiger charge is -2.21. The SMILES string of the molecule is CCc1cc(C)c2cc(C(C)(C)C)cc(C)c2c1. The summed E-state index contributed by atoms with van der Waals surface area (Å²) in [5.41, 5.74) is 5.88. The number of hydrogen-bond acceptors (Lipinski definition) is 0. The van der Waals surface area contributed by atoms with Crippen LogP contribution in [0.5, 0.6) is 0 Å². The van der Waals surface area contributed by atoms with E-state index in [1.807, 2.05) is 0 Å². The van der Waals surface area contributed by atoms with Gasteiger partial charge in [0.05, 0.1) is 0 Å². The molecule has 0 heterocycles. The number of rotatable bonds is 1. The van der Waals surface area contributed by atoms with Crippen molar-refractivity contribution in [2.45, 2.75) is 53.4 Å². The van der Waals surface area contributed by atoms with Gasteiger partial charge in [0, 0.05) is 0 Å². The molecule has 0 saturated heterocycles. The Hall–Kier alpha value is -1.30. The Kier molecular flexibility index (Phi) is 3.23. The van der Waals surface area contributed by atoms with Gasteiger partial charge in [-0.3, -0.25) is 0 Å². The van der Waals surface area contributed by atoms with Crippen molar-refractivity contribution in [1.29, 1.82) is 0 Å². The Labute approximate surface area is 111 Å². The molecule has 0 aliphatic carbocycles. The Balaban J connectivity index is 2.78. The molecule has 0 unspecified atom stereocenters. The Bertz CT molecular complexity index is 583. The van der Waals surface area contributed by atoms with Crippen LogP contribution in [-0.4, -0.2) is 0 Å². The molecule has 0 atom stereocenters. The van der Waals surface area contributed by atoms with Crippen LogP contribution < -0.4 is 0 Å². The van der Waals surface area contributed by atoms with Crippen molar-refractivity contribution in [1.82, 2.24) is 0 Å². The lowest BCUT2D eigenvalue weighted by molar-refractivity contribution is 0.590. The maximum absolute atomic E-state index is 2.37. The minimum absolute atomic E-state index is 0.217. The van der Waals surface area contributed by atoms with Gasteiger partial charge in [-0.05, 0) is 58.7 Å². The van der Waals surface area contributed by atoms with Crippen molar-refractivity contribution in [2.75, 3.05) is 0 Å². The Morgan fingerprint density at radius 3 is 1.94 bits per heavy atom. The summed E-state index contributed by atoms with van der Waals surface area (Å²) in [5, 5.41) is 2.83. The molecular formula is C18H24. The third kappa shape index (κ3) is 2.29. The highest BCUT2D eigenvalue weighted by Crippen LogP contribution is 2.31. The van der Waals surface area contributed by atoms with Gasteiger partial charge in [0.25, 0.3) is 0 Å². The molecule has 2 aromatic carbocycles. The number of benzene rings is 2. The van der Waals surface area contributed by atoms with Gasteiger partial charge in [0.15, 0.2) is 0 Å². The molecule has 18 heavy (non-hydrogen) atoms. The molecule has 0 heteroatoms. The summed E-state index contributed by atoms with van der Waals surface area (Å²) >= 11 is 0. The molecule has 0 amide bonds. The van der Waals surface area contributed by atoms with E-state index >= 15 is 0 Å². The van der Waals surface area contributed by atoms with E-state index in [0.717, 1.165) is 6.42 Å². The van der Waals surface area contributed by atoms with Crippen LogP contribution in [0.1, 0.15) is 49.9 Å². The molecule has 0 nitrogen and oxygen atoms in total. The zero-order chi connectivity index (χ0) is 13.5. The third-order valence-corrected chi connectivity index (χ3v) is 3.82. The fourth-order valence-corrected chi connectivity index (χ4v) is 2.54. The topological polar surface area (TPSA) is 0 Å². The lowest BCUT2D eigenvalue weighted by atomic mass is 9.83. The van der Waals surface area contributed by atoms with E-state index in [9.17, 15) is 0 Å². The minimum Gasteiger partial charge on any atom is -0.0613 e. The maximum Gasteiger partial charge on any atom is -0.0132 e. The first-order valence-corrected chi connectivity index (χ1v) is 6.87. The van der Waals surface area contributed by atoms with Crippen molar-refractivity contribution in [2.24, 2.45) is 0 Å². The summed E-state index contributed by atoms with van der Waals surface area (Å²) in [5.74, 6) is 0. The molecule has 0 saturated carbocycles. The summed E-state index contributed by atoms with van der Waals surface area (Å²) in [6.45, 7) is 13.5. The van der Waals surface area contributed by atoms with Gasteiger partial charge in [-0.25, -0.2) is 0 Å². The largest absolute Gasteiger partial charge is 0.0613 e. The predicted octanol–water partition coefficient (Wildman–Crippen LogP) is 5.32. The first kappa shape index (κ1) is 13.1. The number of aryl methyl sites for hydroxylation is 3. The zero-order valence-electron chi connectivity index (χ0n) is 12.5. The molecular weight excluding hydrogens is 216 g/mol. The second-order valence-corrected chi connectivity index (χ2v) is 6.40. The minimum atomic E-state index is 0.217. The normalized spacial score (nSPS) is 12.1. The van der Waals surface area contributed by atoms with Gasteiger partial charge in [-0.2, -0.15) is 0 Å². The van der Waals surface area contributed by atoms with Crippen molar-refractivity contribution in [3.63, 3.8) is 0 Å². The zero-order valence-corrected chi connectivity index (χ0v) is 12.5. The second kappa shape index (κ2) is 4.42. The summed E-state index contributed by atoms with van der Waals surface area (Å²) in [6.07, 6.45) is 1.11. The van der Waals surface area contributed by atoms with Crippen molar-refractivity contribution in [3.05, 3.63) is 46.5 Å². The molecule has 0 spiro atoms. The molecule has 0 aromatic heterocycles.